The molecule has 1 heterocycles. The standard InChI is InChI=1S/C16H25NO2/c1-2-15-5-7-16(8-6-15)19-14-13-18-12-11-17-9-3-4-10-17/h5-8H,2-4,9-14H2,1H3. The van der Waals surface area contributed by atoms with Gasteiger partial charge in [0.1, 0.15) is 12.4 Å². The van der Waals surface area contributed by atoms with Crippen LogP contribution in [-0.2, 0) is 11.2 Å². The largest absolute Gasteiger partial charge is 0.491 e. The first kappa shape index (κ1) is 14.4. The van der Waals surface area contributed by atoms with Crippen LogP contribution >= 0.6 is 0 Å². The smallest absolute Gasteiger partial charge is 0.119 e. The zero-order chi connectivity index (χ0) is 13.3. The molecule has 0 atom stereocenters. The fraction of sp³-hybridized carbons (Fsp3) is 0.625. The Kier molecular flexibility index (Phi) is 6.18. The molecule has 3 nitrogen and oxygen atoms in total. The molecule has 2 rings (SSSR count). The third kappa shape index (κ3) is 5.21. The van der Waals surface area contributed by atoms with Crippen LogP contribution in [0.15, 0.2) is 24.3 Å². The van der Waals surface area contributed by atoms with Gasteiger partial charge in [-0.25, -0.2) is 0 Å². The van der Waals surface area contributed by atoms with Gasteiger partial charge in [-0.2, -0.15) is 0 Å². The predicted octanol–water partition coefficient (Wildman–Crippen LogP) is 2.74. The molecule has 0 unspecified atom stereocenters. The average molecular weight is 263 g/mol. The van der Waals surface area contributed by atoms with E-state index in [1.165, 1.54) is 31.5 Å². The Labute approximate surface area is 116 Å². The van der Waals surface area contributed by atoms with Gasteiger partial charge in [0.2, 0.25) is 0 Å². The molecule has 0 bridgehead atoms. The maximum absolute atomic E-state index is 5.64. The van der Waals surface area contributed by atoms with Gasteiger partial charge in [-0.1, -0.05) is 19.1 Å². The lowest BCUT2D eigenvalue weighted by molar-refractivity contribution is 0.0846. The summed E-state index contributed by atoms with van der Waals surface area (Å²) in [5, 5.41) is 0. The van der Waals surface area contributed by atoms with E-state index in [1.807, 2.05) is 12.1 Å². The second-order valence-corrected chi connectivity index (χ2v) is 5.01. The van der Waals surface area contributed by atoms with Gasteiger partial charge < -0.3 is 14.4 Å². The fourth-order valence-corrected chi connectivity index (χ4v) is 2.34. The van der Waals surface area contributed by atoms with Crippen molar-refractivity contribution in [2.24, 2.45) is 0 Å². The van der Waals surface area contributed by atoms with E-state index in [4.69, 9.17) is 9.47 Å². The van der Waals surface area contributed by atoms with Crippen LogP contribution in [0.4, 0.5) is 0 Å². The Morgan fingerprint density at radius 1 is 1.00 bits per heavy atom. The summed E-state index contributed by atoms with van der Waals surface area (Å²) in [6, 6.07) is 8.29. The van der Waals surface area contributed by atoms with Crippen molar-refractivity contribution in [3.63, 3.8) is 0 Å². The van der Waals surface area contributed by atoms with Crippen molar-refractivity contribution in [3.8, 4) is 5.75 Å². The quantitative estimate of drug-likeness (QED) is 0.673. The first-order valence-electron chi connectivity index (χ1n) is 7.40. The van der Waals surface area contributed by atoms with Crippen LogP contribution in [0.5, 0.6) is 5.75 Å². The predicted molar refractivity (Wildman–Crippen MR) is 77.8 cm³/mol. The first-order valence-corrected chi connectivity index (χ1v) is 7.40. The number of hydrogen-bond donors (Lipinski definition) is 0. The van der Waals surface area contributed by atoms with Gasteiger partial charge in [-0.05, 0) is 50.0 Å². The molecule has 0 N–H and O–H groups in total. The Hall–Kier alpha value is -1.06. The summed E-state index contributed by atoms with van der Waals surface area (Å²) in [4.78, 5) is 2.46. The lowest BCUT2D eigenvalue weighted by Crippen LogP contribution is -2.24. The van der Waals surface area contributed by atoms with Crippen LogP contribution < -0.4 is 4.74 Å². The lowest BCUT2D eigenvalue weighted by Gasteiger charge is -2.14. The highest BCUT2D eigenvalue weighted by molar-refractivity contribution is 5.27. The van der Waals surface area contributed by atoms with E-state index in [1.54, 1.807) is 0 Å². The second kappa shape index (κ2) is 8.18. The van der Waals surface area contributed by atoms with Gasteiger partial charge in [0.15, 0.2) is 0 Å². The van der Waals surface area contributed by atoms with Gasteiger partial charge in [0.05, 0.1) is 13.2 Å². The summed E-state index contributed by atoms with van der Waals surface area (Å²) in [7, 11) is 0. The highest BCUT2D eigenvalue weighted by Gasteiger charge is 2.10. The highest BCUT2D eigenvalue weighted by Crippen LogP contribution is 2.12. The van der Waals surface area contributed by atoms with Crippen molar-refractivity contribution < 1.29 is 9.47 Å². The Morgan fingerprint density at radius 2 is 1.74 bits per heavy atom. The van der Waals surface area contributed by atoms with Crippen LogP contribution in [0.25, 0.3) is 0 Å². The maximum atomic E-state index is 5.64. The summed E-state index contributed by atoms with van der Waals surface area (Å²) >= 11 is 0. The van der Waals surface area contributed by atoms with Crippen LogP contribution in [0.3, 0.4) is 0 Å². The first-order chi connectivity index (χ1) is 9.38. The zero-order valence-electron chi connectivity index (χ0n) is 11.9. The van der Waals surface area contributed by atoms with Crippen LogP contribution in [-0.4, -0.2) is 44.4 Å². The molecule has 0 amide bonds. The molecule has 0 saturated carbocycles. The van der Waals surface area contributed by atoms with Crippen molar-refractivity contribution >= 4 is 0 Å². The highest BCUT2D eigenvalue weighted by atomic mass is 16.5. The van der Waals surface area contributed by atoms with E-state index in [0.29, 0.717) is 13.2 Å². The van der Waals surface area contributed by atoms with Crippen molar-refractivity contribution in [2.45, 2.75) is 26.2 Å². The van der Waals surface area contributed by atoms with E-state index in [2.05, 4.69) is 24.0 Å². The molecule has 1 aromatic rings. The second-order valence-electron chi connectivity index (χ2n) is 5.01. The molecule has 0 radical (unpaired) electrons. The Balaban J connectivity index is 1.51. The molecule has 0 aliphatic carbocycles. The Bertz CT molecular complexity index is 344. The molecule has 3 heteroatoms. The normalized spacial score (nSPS) is 15.8. The number of ether oxygens (including phenoxy) is 2. The van der Waals surface area contributed by atoms with E-state index in [0.717, 1.165) is 25.3 Å². The van der Waals surface area contributed by atoms with E-state index >= 15 is 0 Å². The monoisotopic (exact) mass is 263 g/mol. The van der Waals surface area contributed by atoms with E-state index in [-0.39, 0.29) is 0 Å². The number of likely N-dealkylation sites (tertiary alicyclic amines) is 1. The summed E-state index contributed by atoms with van der Waals surface area (Å²) in [6.45, 7) is 7.81. The molecular weight excluding hydrogens is 238 g/mol. The average Bonchev–Trinajstić information content (AvgIpc) is 2.96. The van der Waals surface area contributed by atoms with Gasteiger partial charge in [-0.15, -0.1) is 0 Å². The summed E-state index contributed by atoms with van der Waals surface area (Å²) in [5.74, 6) is 0.931. The molecule has 0 spiro atoms. The maximum Gasteiger partial charge on any atom is 0.119 e. The van der Waals surface area contributed by atoms with Crippen molar-refractivity contribution in [3.05, 3.63) is 29.8 Å². The number of hydrogen-bond acceptors (Lipinski definition) is 3. The minimum atomic E-state index is 0.630. The fourth-order valence-electron chi connectivity index (χ4n) is 2.34. The molecule has 0 aromatic heterocycles. The number of nitrogens with zero attached hydrogens (tertiary/aromatic N) is 1. The van der Waals surface area contributed by atoms with Gasteiger partial charge in [0, 0.05) is 6.54 Å². The molecule has 1 saturated heterocycles. The molecule has 1 fully saturated rings. The van der Waals surface area contributed by atoms with Crippen LogP contribution in [0, 0.1) is 0 Å². The number of rotatable bonds is 8. The molecule has 1 aliphatic rings. The van der Waals surface area contributed by atoms with Crippen molar-refractivity contribution in [1.82, 2.24) is 4.90 Å². The van der Waals surface area contributed by atoms with Crippen molar-refractivity contribution in [2.75, 3.05) is 39.5 Å². The van der Waals surface area contributed by atoms with Crippen LogP contribution in [0.2, 0.25) is 0 Å². The van der Waals surface area contributed by atoms with E-state index < -0.39 is 0 Å². The summed E-state index contributed by atoms with van der Waals surface area (Å²) in [6.07, 6.45) is 3.76. The molecule has 19 heavy (non-hydrogen) atoms. The molecule has 106 valence electrons. The van der Waals surface area contributed by atoms with Gasteiger partial charge in [0.25, 0.3) is 0 Å². The summed E-state index contributed by atoms with van der Waals surface area (Å²) < 4.78 is 11.2. The Morgan fingerprint density at radius 3 is 2.42 bits per heavy atom. The minimum absolute atomic E-state index is 0.630. The van der Waals surface area contributed by atoms with Gasteiger partial charge >= 0.3 is 0 Å². The third-order valence-electron chi connectivity index (χ3n) is 3.58. The summed E-state index contributed by atoms with van der Waals surface area (Å²) in [5.41, 5.74) is 1.34. The van der Waals surface area contributed by atoms with Crippen LogP contribution in [0.1, 0.15) is 25.3 Å². The molecule has 1 aromatic carbocycles. The molecule has 1 aliphatic heterocycles. The SMILES string of the molecule is CCc1ccc(OCCOCCN2CCCC2)cc1. The molecular formula is C16H25NO2. The number of aryl methyl sites for hydroxylation is 1. The zero-order valence-corrected chi connectivity index (χ0v) is 11.9. The van der Waals surface area contributed by atoms with Crippen molar-refractivity contribution in [1.29, 1.82) is 0 Å². The van der Waals surface area contributed by atoms with Gasteiger partial charge in [-0.3, -0.25) is 0 Å². The topological polar surface area (TPSA) is 21.7 Å². The number of benzene rings is 1. The minimum Gasteiger partial charge on any atom is -0.491 e. The lowest BCUT2D eigenvalue weighted by atomic mass is 10.2. The van der Waals surface area contributed by atoms with E-state index in [9.17, 15) is 0 Å². The third-order valence-corrected chi connectivity index (χ3v) is 3.58.